The average Bonchev–Trinajstić information content (AvgIpc) is 1.79. The maximum Gasteiger partial charge on any atom is 1.00 e. The van der Waals surface area contributed by atoms with Crippen molar-refractivity contribution in [3.8, 4) is 0 Å². The molecule has 0 aliphatic carbocycles. The number of aliphatic hydroxyl groups is 1. The quantitative estimate of drug-likeness (QED) is 0.00706. The molecule has 5 aromatic carbocycles. The Morgan fingerprint density at radius 1 is 0.500 bits per heavy atom. The van der Waals surface area contributed by atoms with Crippen molar-refractivity contribution in [3.05, 3.63) is 197 Å². The minimum absolute atomic E-state index is 0. The summed E-state index contributed by atoms with van der Waals surface area (Å²) in [5.41, 5.74) is 10.1. The molecule has 8 aliphatic rings. The van der Waals surface area contributed by atoms with Gasteiger partial charge < -0.3 is 81.5 Å². The molecule has 136 heavy (non-hydrogen) atoms. The number of hydrogen-bond donors (Lipinski definition) is 5. The topological polar surface area (TPSA) is 340 Å². The average molecular weight is 2010 g/mol. The number of aliphatic hydroxyl groups excluding tert-OH is 1. The molecule has 2 amide bonds. The molecule has 0 radical (unpaired) electrons. The van der Waals surface area contributed by atoms with Gasteiger partial charge >= 0.3 is 54.1 Å². The van der Waals surface area contributed by atoms with E-state index in [4.69, 9.17) is 79.9 Å². The van der Waals surface area contributed by atoms with Crippen LogP contribution in [-0.2, 0) is 89.2 Å². The SMILES string of the molecule is C1CCOC1.C1CCOC1.CC(C)(C)OC(=O)NC[C@@H]1CCN(Cc2ccccc2)C1.CC(C)(C)OC(=O)NC[C@@H]1CCNC1.CC(C)(C)OC(=O)OC(=O)OC(C)(C)C.CCN(CC)CC.CS(=O)(=O)Cl.CS(=O)(=O)O[C@H]1CCN(Cc2ccccc2)C1.ClCCl.NC[C@@H]1CCN(Cc2ccccc2)C1.O[C@H]1CCN(Cc2ccccc2)C1.[C-]#N.[C-]#[N+][C@@H]1CCN(Cc2ccccc2)C1.[HH].[Na+]. The number of alkyl halides is 2. The van der Waals surface area contributed by atoms with Gasteiger partial charge in [0.15, 0.2) is 0 Å². The predicted molar refractivity (Wildman–Crippen MR) is 545 cm³/mol. The van der Waals surface area contributed by atoms with E-state index in [2.05, 4.69) is 202 Å². The molecule has 6 atom stereocenters. The molecular weight excluding hydrogens is 1850 g/mol. The van der Waals surface area contributed by atoms with E-state index in [-0.39, 0.29) is 66.8 Å². The molecule has 5 aromatic rings. The standard InChI is InChI=1S/C17H26N2O2.C12H14N2.C12H18N2.C12H17NO3S.C11H15NO.C10H20N2O2.C10H18O5.C6H15N.2C4H8O.CH2Cl2.CH3ClO2S.CN.Na.H2/c1-17(2,3)21-16(20)18-11-15-9-10-19(13-15)12-14-7-5-4-6-8-14;1-13-12-7-8-14(10-12)9-11-5-3-2-4-6-11;13-8-12-6-7-14(10-12)9-11-4-2-1-3-5-11;1-17(14,15)16-12-7-8-13(10-12)9-11-5-3-2-4-6-11;13-11-6-7-12(9-11)8-10-4-2-1-3-5-10;1-10(2,3)14-9(13)12-7-8-4-5-11-6-8;1-9(2,3)14-7(11)13-8(12)15-10(4,5)6;1-4-7(5-2)6-3;2*1-2-4-5-3-1;2-1-3;1-5(2,3)4;1-2;;/h4-8,15H,9-13H2,1-3H3,(H,18,20);2-6,12H,7-10H2;1-5,12H,6-10,13H2;2-6,12H,7-10H2,1H3;1-5,11,13H,6-9H2;8,11H,4-7H2,1-3H3,(H,12,13);1-6H3;4-6H2,1-3H3;2*1-4H2;1H2;1H3;;;1H/q;;;;;;;;;;;;-1;+1;/t15-;3*12-;11-;8-;;;;;;;;;/m010001........./s1. The summed E-state index contributed by atoms with van der Waals surface area (Å²) < 4.78 is 79.9. The van der Waals surface area contributed by atoms with Crippen LogP contribution in [0, 0.1) is 36.2 Å². The fourth-order valence-electron chi connectivity index (χ4n) is 14.2. The number of alkyl carbamates (subject to hydrolysis) is 2. The molecule has 35 heteroatoms. The summed E-state index contributed by atoms with van der Waals surface area (Å²) in [6.07, 6.45) is 10.4. The number of amides is 2. The largest absolute Gasteiger partial charge is 1.00 e. The minimum Gasteiger partial charge on any atom is -0.512 e. The van der Waals surface area contributed by atoms with Crippen LogP contribution >= 0.6 is 33.9 Å². The number of nitrogens with zero attached hydrogens (tertiary/aromatic N) is 8. The zero-order valence-corrected chi connectivity index (χ0v) is 90.8. The number of halogens is 3. The van der Waals surface area contributed by atoms with Gasteiger partial charge in [-0.15, -0.1) is 23.2 Å². The number of rotatable bonds is 20. The molecule has 0 saturated carbocycles. The number of nitrogens with one attached hydrogen (secondary N) is 3. The Hall–Kier alpha value is -6.35. The number of likely N-dealkylation sites (tertiary alicyclic amines) is 5. The van der Waals surface area contributed by atoms with Crippen LogP contribution in [0.25, 0.3) is 4.85 Å². The van der Waals surface area contributed by atoms with Gasteiger partial charge in [0.05, 0.1) is 36.6 Å². The van der Waals surface area contributed by atoms with Gasteiger partial charge in [0.25, 0.3) is 10.1 Å². The number of carbonyl (C=O) groups is 4. The Kier molecular flexibility index (Phi) is 71.1. The van der Waals surface area contributed by atoms with E-state index in [1.807, 2.05) is 77.9 Å². The molecular formula is C101H166Cl3N12NaO17S2. The fraction of sp³-hybridized carbons (Fsp3) is 0.644. The van der Waals surface area contributed by atoms with Crippen LogP contribution < -0.4 is 51.2 Å². The monoisotopic (exact) mass is 2010 g/mol. The van der Waals surface area contributed by atoms with Gasteiger partial charge in [0.1, 0.15) is 22.4 Å². The summed E-state index contributed by atoms with van der Waals surface area (Å²) in [6, 6.07) is 52.4. The maximum atomic E-state index is 11.6. The van der Waals surface area contributed by atoms with Gasteiger partial charge in [-0.05, 0) is 239 Å². The summed E-state index contributed by atoms with van der Waals surface area (Å²) in [7, 11) is -2.02. The van der Waals surface area contributed by atoms with E-state index in [0.717, 1.165) is 175 Å². The first kappa shape index (κ1) is 130. The molecule has 8 saturated heterocycles. The Labute approximate surface area is 855 Å². The Balaban J connectivity index is 0. The summed E-state index contributed by atoms with van der Waals surface area (Å²) >= 11 is 9.53. The number of β-amino-alcohol motifs (C(OH)–C–C–N with tert-alkyl or cyclic N) is 1. The van der Waals surface area contributed by atoms with Crippen molar-refractivity contribution in [1.82, 2.24) is 45.3 Å². The first-order valence-corrected chi connectivity index (χ1v) is 52.7. The van der Waals surface area contributed by atoms with E-state index in [0.29, 0.717) is 31.5 Å². The summed E-state index contributed by atoms with van der Waals surface area (Å²) in [5.74, 6) is 1.79. The van der Waals surface area contributed by atoms with Crippen LogP contribution in [0.3, 0.4) is 0 Å². The van der Waals surface area contributed by atoms with Gasteiger partial charge in [0.2, 0.25) is 15.1 Å². The second kappa shape index (κ2) is 74.6. The molecule has 6 N–H and O–H groups in total. The third-order valence-corrected chi connectivity index (χ3v) is 21.1. The normalized spacial score (nSPS) is 19.1. The van der Waals surface area contributed by atoms with Crippen LogP contribution in [0.15, 0.2) is 152 Å². The number of ether oxygens (including phenoxy) is 7. The van der Waals surface area contributed by atoms with Crippen LogP contribution in [0.1, 0.15) is 197 Å². The number of hydrogen-bond acceptors (Lipinski definition) is 26. The zero-order chi connectivity index (χ0) is 101. The first-order chi connectivity index (χ1) is 63.8. The number of carbonyl (C=O) groups excluding carboxylic acids is 4. The van der Waals surface area contributed by atoms with Crippen LogP contribution in [0.4, 0.5) is 19.2 Å². The van der Waals surface area contributed by atoms with Crippen molar-refractivity contribution in [2.24, 2.45) is 23.5 Å². The van der Waals surface area contributed by atoms with Crippen molar-refractivity contribution in [3.63, 3.8) is 0 Å². The van der Waals surface area contributed by atoms with E-state index >= 15 is 0 Å². The van der Waals surface area contributed by atoms with Crippen molar-refractivity contribution in [1.29, 1.82) is 5.26 Å². The molecule has 8 heterocycles. The zero-order valence-electron chi connectivity index (χ0n) is 84.9. The second-order valence-electron chi connectivity index (χ2n) is 37.6. The first-order valence-electron chi connectivity index (χ1n) is 47.1. The van der Waals surface area contributed by atoms with Crippen molar-refractivity contribution in [2.45, 2.75) is 241 Å². The van der Waals surface area contributed by atoms with Crippen LogP contribution in [-0.4, -0.2) is 279 Å². The number of benzene rings is 5. The minimum atomic E-state index is -3.33. The van der Waals surface area contributed by atoms with E-state index < -0.39 is 53.9 Å². The summed E-state index contributed by atoms with van der Waals surface area (Å²) in [5, 5.41) is 24.7. The Morgan fingerprint density at radius 2 is 0.809 bits per heavy atom. The van der Waals surface area contributed by atoms with Crippen molar-refractivity contribution in [2.75, 3.05) is 162 Å². The predicted octanol–water partition coefficient (Wildman–Crippen LogP) is 15.1. The van der Waals surface area contributed by atoms with Gasteiger partial charge in [0, 0.05) is 137 Å². The molecule has 766 valence electrons. The molecule has 0 unspecified atom stereocenters. The molecule has 8 aliphatic heterocycles. The van der Waals surface area contributed by atoms with E-state index in [1.54, 1.807) is 41.5 Å². The Bertz CT molecular complexity index is 4120. The number of nitrogens with two attached hydrogens (primary N) is 1. The van der Waals surface area contributed by atoms with Crippen molar-refractivity contribution < 1.29 is 109 Å². The van der Waals surface area contributed by atoms with Gasteiger partial charge in [-0.2, -0.15) is 8.42 Å². The van der Waals surface area contributed by atoms with Crippen LogP contribution in [0.2, 0.25) is 0 Å². The van der Waals surface area contributed by atoms with E-state index in [9.17, 15) is 41.1 Å². The third kappa shape index (κ3) is 75.5. The van der Waals surface area contributed by atoms with E-state index in [1.165, 1.54) is 92.6 Å². The van der Waals surface area contributed by atoms with Gasteiger partial charge in [-0.25, -0.2) is 34.2 Å². The molecule has 8 fully saturated rings. The van der Waals surface area contributed by atoms with Gasteiger partial charge in [-0.3, -0.25) is 28.7 Å². The molecule has 13 rings (SSSR count). The third-order valence-electron chi connectivity index (χ3n) is 20.5. The van der Waals surface area contributed by atoms with Crippen LogP contribution in [0.5, 0.6) is 0 Å². The smallest absolute Gasteiger partial charge is 0.512 e. The summed E-state index contributed by atoms with van der Waals surface area (Å²) in [6.45, 7) is 66.2. The van der Waals surface area contributed by atoms with Crippen molar-refractivity contribution >= 4 is 77.6 Å². The summed E-state index contributed by atoms with van der Waals surface area (Å²) in [4.78, 5) is 62.7. The molecule has 0 spiro atoms. The molecule has 0 bridgehead atoms. The van der Waals surface area contributed by atoms with Gasteiger partial charge in [-0.1, -0.05) is 172 Å². The maximum absolute atomic E-state index is 11.6. The fourth-order valence-corrected chi connectivity index (χ4v) is 14.9. The Morgan fingerprint density at radius 3 is 1.08 bits per heavy atom. The molecule has 29 nitrogen and oxygen atoms in total. The molecule has 0 aromatic heterocycles. The second-order valence-corrected chi connectivity index (χ2v) is 43.0.